The van der Waals surface area contributed by atoms with E-state index in [1.807, 2.05) is 0 Å². The molecule has 118 valence electrons. The lowest BCUT2D eigenvalue weighted by Crippen LogP contribution is -2.37. The first-order valence-corrected chi connectivity index (χ1v) is 8.96. The van der Waals surface area contributed by atoms with Crippen LogP contribution in [0.2, 0.25) is 0 Å². The largest absolute Gasteiger partial charge is 0.314 e. The van der Waals surface area contributed by atoms with E-state index >= 15 is 0 Å². The summed E-state index contributed by atoms with van der Waals surface area (Å²) in [5.41, 5.74) is 2.94. The normalized spacial score (nSPS) is 23.7. The summed E-state index contributed by atoms with van der Waals surface area (Å²) < 4.78 is 0. The average Bonchev–Trinajstić information content (AvgIpc) is 2.96. The summed E-state index contributed by atoms with van der Waals surface area (Å²) in [6.45, 7) is 10.2. The maximum absolute atomic E-state index is 3.76. The minimum absolute atomic E-state index is 0.628. The predicted octanol–water partition coefficient (Wildman–Crippen LogP) is 5.16. The average molecular weight is 287 g/mol. The van der Waals surface area contributed by atoms with Crippen molar-refractivity contribution in [3.63, 3.8) is 0 Å². The molecule has 0 bridgehead atoms. The van der Waals surface area contributed by atoms with Crippen molar-refractivity contribution in [2.45, 2.75) is 71.8 Å². The number of hydrogen-bond donors (Lipinski definition) is 1. The Labute approximate surface area is 131 Å². The SMILES string of the molecule is CCNC(Cc1ccc(C(C)C)cc1)C1CCC(CC)C1. The molecule has 0 spiro atoms. The van der Waals surface area contributed by atoms with Crippen molar-refractivity contribution >= 4 is 0 Å². The molecule has 1 nitrogen and oxygen atoms in total. The minimum Gasteiger partial charge on any atom is -0.314 e. The van der Waals surface area contributed by atoms with Gasteiger partial charge in [-0.2, -0.15) is 0 Å². The maximum atomic E-state index is 3.76. The molecule has 1 N–H and O–H groups in total. The van der Waals surface area contributed by atoms with E-state index in [4.69, 9.17) is 0 Å². The fourth-order valence-corrected chi connectivity index (χ4v) is 3.81. The van der Waals surface area contributed by atoms with Crippen LogP contribution in [0.5, 0.6) is 0 Å². The third-order valence-electron chi connectivity index (χ3n) is 5.30. The van der Waals surface area contributed by atoms with E-state index in [0.29, 0.717) is 12.0 Å². The fourth-order valence-electron chi connectivity index (χ4n) is 3.81. The molecule has 21 heavy (non-hydrogen) atoms. The molecule has 1 fully saturated rings. The molecule has 1 heteroatoms. The molecular formula is C20H33N. The Hall–Kier alpha value is -0.820. The van der Waals surface area contributed by atoms with Gasteiger partial charge in [-0.15, -0.1) is 0 Å². The predicted molar refractivity (Wildman–Crippen MR) is 92.8 cm³/mol. The van der Waals surface area contributed by atoms with Crippen LogP contribution in [0.25, 0.3) is 0 Å². The van der Waals surface area contributed by atoms with Gasteiger partial charge in [0.1, 0.15) is 0 Å². The van der Waals surface area contributed by atoms with Crippen LogP contribution < -0.4 is 5.32 Å². The van der Waals surface area contributed by atoms with Gasteiger partial charge in [-0.1, -0.05) is 64.8 Å². The van der Waals surface area contributed by atoms with Crippen molar-refractivity contribution in [2.24, 2.45) is 11.8 Å². The van der Waals surface area contributed by atoms with E-state index < -0.39 is 0 Å². The molecule has 2 rings (SSSR count). The van der Waals surface area contributed by atoms with E-state index in [0.717, 1.165) is 18.4 Å². The van der Waals surface area contributed by atoms with Crippen molar-refractivity contribution in [3.05, 3.63) is 35.4 Å². The smallest absolute Gasteiger partial charge is 0.0136 e. The Balaban J connectivity index is 1.99. The van der Waals surface area contributed by atoms with E-state index in [1.54, 1.807) is 0 Å². The van der Waals surface area contributed by atoms with Crippen LogP contribution in [0, 0.1) is 11.8 Å². The van der Waals surface area contributed by atoms with Gasteiger partial charge in [0.15, 0.2) is 0 Å². The second kappa shape index (κ2) is 7.98. The molecular weight excluding hydrogens is 254 g/mol. The Morgan fingerprint density at radius 1 is 1.10 bits per heavy atom. The summed E-state index contributed by atoms with van der Waals surface area (Å²) in [5.74, 6) is 2.47. The highest BCUT2D eigenvalue weighted by Crippen LogP contribution is 2.35. The van der Waals surface area contributed by atoms with Crippen molar-refractivity contribution in [2.75, 3.05) is 6.54 Å². The van der Waals surface area contributed by atoms with Gasteiger partial charge in [0.2, 0.25) is 0 Å². The first-order chi connectivity index (χ1) is 10.1. The van der Waals surface area contributed by atoms with Crippen molar-refractivity contribution in [1.82, 2.24) is 5.32 Å². The molecule has 0 radical (unpaired) electrons. The first kappa shape index (κ1) is 16.5. The van der Waals surface area contributed by atoms with Crippen LogP contribution in [0.3, 0.4) is 0 Å². The molecule has 0 saturated heterocycles. The summed E-state index contributed by atoms with van der Waals surface area (Å²) >= 11 is 0. The fraction of sp³-hybridized carbons (Fsp3) is 0.700. The summed E-state index contributed by atoms with van der Waals surface area (Å²) in [6, 6.07) is 9.97. The Kier molecular flexibility index (Phi) is 6.29. The van der Waals surface area contributed by atoms with Gasteiger partial charge in [-0.25, -0.2) is 0 Å². The number of hydrogen-bond acceptors (Lipinski definition) is 1. The topological polar surface area (TPSA) is 12.0 Å². The Bertz CT molecular complexity index is 406. The summed E-state index contributed by atoms with van der Waals surface area (Å²) in [7, 11) is 0. The van der Waals surface area contributed by atoms with Gasteiger partial charge >= 0.3 is 0 Å². The molecule has 1 aromatic rings. The zero-order valence-corrected chi connectivity index (χ0v) is 14.4. The number of nitrogens with one attached hydrogen (secondary N) is 1. The third-order valence-corrected chi connectivity index (χ3v) is 5.30. The van der Waals surface area contributed by atoms with Crippen LogP contribution >= 0.6 is 0 Å². The lowest BCUT2D eigenvalue weighted by molar-refractivity contribution is 0.349. The second-order valence-corrected chi connectivity index (χ2v) is 7.11. The molecule has 1 saturated carbocycles. The molecule has 0 aromatic heterocycles. The van der Waals surface area contributed by atoms with Gasteiger partial charge in [-0.3, -0.25) is 0 Å². The Morgan fingerprint density at radius 3 is 2.33 bits per heavy atom. The molecule has 1 aliphatic carbocycles. The van der Waals surface area contributed by atoms with Crippen molar-refractivity contribution < 1.29 is 0 Å². The first-order valence-electron chi connectivity index (χ1n) is 8.96. The van der Waals surface area contributed by atoms with E-state index in [-0.39, 0.29) is 0 Å². The summed E-state index contributed by atoms with van der Waals surface area (Å²) in [6.07, 6.45) is 6.83. The van der Waals surface area contributed by atoms with Gasteiger partial charge < -0.3 is 5.32 Å². The third kappa shape index (κ3) is 4.57. The van der Waals surface area contributed by atoms with Crippen LogP contribution in [0.15, 0.2) is 24.3 Å². The van der Waals surface area contributed by atoms with Crippen LogP contribution in [0.1, 0.15) is 70.4 Å². The zero-order valence-electron chi connectivity index (χ0n) is 14.4. The zero-order chi connectivity index (χ0) is 15.2. The number of benzene rings is 1. The summed E-state index contributed by atoms with van der Waals surface area (Å²) in [5, 5.41) is 3.76. The van der Waals surface area contributed by atoms with Crippen molar-refractivity contribution in [1.29, 1.82) is 0 Å². The minimum atomic E-state index is 0.628. The molecule has 0 amide bonds. The van der Waals surface area contributed by atoms with Crippen molar-refractivity contribution in [3.8, 4) is 0 Å². The highest BCUT2D eigenvalue weighted by molar-refractivity contribution is 5.25. The molecule has 1 aromatic carbocycles. The highest BCUT2D eigenvalue weighted by atomic mass is 14.9. The van der Waals surface area contributed by atoms with E-state index in [2.05, 4.69) is 57.3 Å². The van der Waals surface area contributed by atoms with Crippen LogP contribution in [-0.4, -0.2) is 12.6 Å². The quantitative estimate of drug-likeness (QED) is 0.730. The van der Waals surface area contributed by atoms with E-state index in [1.165, 1.54) is 43.2 Å². The van der Waals surface area contributed by atoms with Crippen LogP contribution in [-0.2, 0) is 6.42 Å². The monoisotopic (exact) mass is 287 g/mol. The maximum Gasteiger partial charge on any atom is 0.0136 e. The lowest BCUT2D eigenvalue weighted by Gasteiger charge is -2.25. The van der Waals surface area contributed by atoms with Gasteiger partial charge in [0, 0.05) is 6.04 Å². The summed E-state index contributed by atoms with van der Waals surface area (Å²) in [4.78, 5) is 0. The molecule has 3 atom stereocenters. The Morgan fingerprint density at radius 2 is 1.81 bits per heavy atom. The molecule has 0 heterocycles. The van der Waals surface area contributed by atoms with Gasteiger partial charge in [0.05, 0.1) is 0 Å². The highest BCUT2D eigenvalue weighted by Gasteiger charge is 2.29. The van der Waals surface area contributed by atoms with E-state index in [9.17, 15) is 0 Å². The standard InChI is InChI=1S/C20H33N/c1-5-16-7-12-19(13-16)20(21-6-2)14-17-8-10-18(11-9-17)15(3)4/h8-11,15-16,19-21H,5-7,12-14H2,1-4H3. The van der Waals surface area contributed by atoms with Gasteiger partial charge in [-0.05, 0) is 54.7 Å². The van der Waals surface area contributed by atoms with Gasteiger partial charge in [0.25, 0.3) is 0 Å². The lowest BCUT2D eigenvalue weighted by atomic mass is 9.90. The molecule has 3 unspecified atom stereocenters. The number of likely N-dealkylation sites (N-methyl/N-ethyl adjacent to an activating group) is 1. The molecule has 1 aliphatic rings. The molecule has 0 aliphatic heterocycles. The number of rotatable bonds is 7. The second-order valence-electron chi connectivity index (χ2n) is 7.11. The van der Waals surface area contributed by atoms with Crippen LogP contribution in [0.4, 0.5) is 0 Å².